The largest absolute Gasteiger partial charge is 0.310 e. The molecule has 0 fully saturated rings. The molecule has 356 valence electrons. The molecule has 15 rings (SSSR count). The molecule has 2 heteroatoms. The van der Waals surface area contributed by atoms with Crippen molar-refractivity contribution in [3.8, 4) is 44.5 Å². The molecule has 0 unspecified atom stereocenters. The zero-order valence-electron chi connectivity index (χ0n) is 42.3. The summed E-state index contributed by atoms with van der Waals surface area (Å²) in [5.74, 6) is 0. The molecule has 0 radical (unpaired) electrons. The number of benzene rings is 12. The van der Waals surface area contributed by atoms with Crippen LogP contribution in [0.2, 0.25) is 0 Å². The molecule has 0 saturated heterocycles. The van der Waals surface area contributed by atoms with Crippen molar-refractivity contribution in [2.45, 2.75) is 44.9 Å². The Kier molecular flexibility index (Phi) is 9.91. The summed E-state index contributed by atoms with van der Waals surface area (Å²) in [6.07, 6.45) is 3.97. The number of hydrogen-bond donors (Lipinski definition) is 0. The topological polar surface area (TPSA) is 6.48 Å². The fourth-order valence-electron chi connectivity index (χ4n) is 13.3. The van der Waals surface area contributed by atoms with Crippen LogP contribution >= 0.6 is 0 Å². The molecular weight excluding hydrogens is 905 g/mol. The predicted octanol–water partition coefficient (Wildman–Crippen LogP) is 19.6. The molecule has 12 aromatic carbocycles. The Morgan fingerprint density at radius 1 is 0.293 bits per heavy atom. The molecule has 0 saturated carbocycles. The van der Waals surface area contributed by atoms with E-state index in [0.717, 1.165) is 37.1 Å². The summed E-state index contributed by atoms with van der Waals surface area (Å²) in [6.45, 7) is 4.76. The number of aryl methyl sites for hydroxylation is 4. The van der Waals surface area contributed by atoms with Crippen LogP contribution in [0, 0.1) is 0 Å². The fraction of sp³-hybridized carbons (Fsp3) is 0.0959. The van der Waals surface area contributed by atoms with Crippen molar-refractivity contribution in [1.82, 2.24) is 0 Å². The molecule has 0 spiro atoms. The van der Waals surface area contributed by atoms with Gasteiger partial charge in [0.15, 0.2) is 0 Å². The van der Waals surface area contributed by atoms with Gasteiger partial charge in [0.25, 0.3) is 0 Å². The van der Waals surface area contributed by atoms with E-state index < -0.39 is 0 Å². The highest BCUT2D eigenvalue weighted by molar-refractivity contribution is 6.23. The number of fused-ring (bicyclic) bond motifs is 10. The van der Waals surface area contributed by atoms with Crippen molar-refractivity contribution in [1.29, 1.82) is 0 Å². The molecule has 3 aliphatic rings. The first-order valence-electron chi connectivity index (χ1n) is 26.7. The molecular formula is C73H54N2. The average molecular weight is 959 g/mol. The number of anilines is 6. The minimum atomic E-state index is -0.0996. The smallest absolute Gasteiger partial charge is 0.0493 e. The van der Waals surface area contributed by atoms with Crippen molar-refractivity contribution >= 4 is 66.4 Å². The van der Waals surface area contributed by atoms with Crippen LogP contribution < -0.4 is 9.80 Å². The molecule has 0 N–H and O–H groups in total. The minimum Gasteiger partial charge on any atom is -0.310 e. The zero-order valence-corrected chi connectivity index (χ0v) is 42.3. The van der Waals surface area contributed by atoms with E-state index in [2.05, 4.69) is 266 Å². The van der Waals surface area contributed by atoms with Gasteiger partial charge >= 0.3 is 0 Å². The summed E-state index contributed by atoms with van der Waals surface area (Å²) in [7, 11) is 0. The highest BCUT2D eigenvalue weighted by Crippen LogP contribution is 2.53. The SMILES string of the molecule is CC1(C)c2ccccc2-c2ccc(-c3cccc(-c4c5ccc(N6c7ccccc7CCc7ccccc76)cc5c(-c5ccc6ccccc6c5)c5ccc(N6c7ccccc7CCc7ccccc76)cc45)c3)cc21. The lowest BCUT2D eigenvalue weighted by atomic mass is 9.81. The average Bonchev–Trinajstić information content (AvgIpc) is 3.59. The number of para-hydroxylation sites is 4. The highest BCUT2D eigenvalue weighted by Gasteiger charge is 2.35. The number of nitrogens with zero attached hydrogens (tertiary/aromatic N) is 2. The third-order valence-electron chi connectivity index (χ3n) is 17.0. The van der Waals surface area contributed by atoms with E-state index in [4.69, 9.17) is 0 Å². The van der Waals surface area contributed by atoms with E-state index in [1.807, 2.05) is 0 Å². The Bertz CT molecular complexity index is 4210. The Hall–Kier alpha value is -8.98. The molecule has 2 aliphatic heterocycles. The lowest BCUT2D eigenvalue weighted by Gasteiger charge is -2.29. The summed E-state index contributed by atoms with van der Waals surface area (Å²) in [5.41, 5.74) is 25.4. The van der Waals surface area contributed by atoms with Gasteiger partial charge in [-0.15, -0.1) is 0 Å². The van der Waals surface area contributed by atoms with Gasteiger partial charge in [-0.3, -0.25) is 0 Å². The van der Waals surface area contributed by atoms with Crippen molar-refractivity contribution in [2.24, 2.45) is 0 Å². The van der Waals surface area contributed by atoms with Crippen molar-refractivity contribution in [3.63, 3.8) is 0 Å². The van der Waals surface area contributed by atoms with E-state index in [1.165, 1.54) is 133 Å². The van der Waals surface area contributed by atoms with E-state index in [9.17, 15) is 0 Å². The molecule has 0 bridgehead atoms. The van der Waals surface area contributed by atoms with Gasteiger partial charge in [-0.1, -0.05) is 190 Å². The molecule has 1 aliphatic carbocycles. The maximum atomic E-state index is 2.53. The van der Waals surface area contributed by atoms with Crippen LogP contribution in [-0.4, -0.2) is 0 Å². The van der Waals surface area contributed by atoms with E-state index in [1.54, 1.807) is 0 Å². The van der Waals surface area contributed by atoms with E-state index in [-0.39, 0.29) is 5.41 Å². The second-order valence-electron chi connectivity index (χ2n) is 21.5. The quantitative estimate of drug-likeness (QED) is 0.159. The van der Waals surface area contributed by atoms with Gasteiger partial charge in [0.1, 0.15) is 0 Å². The summed E-state index contributed by atoms with van der Waals surface area (Å²) in [4.78, 5) is 5.05. The molecule has 2 heterocycles. The first-order valence-corrected chi connectivity index (χ1v) is 26.7. The van der Waals surface area contributed by atoms with Gasteiger partial charge in [0, 0.05) is 39.5 Å². The first-order chi connectivity index (χ1) is 36.9. The van der Waals surface area contributed by atoms with Crippen LogP contribution in [0.5, 0.6) is 0 Å². The molecule has 0 amide bonds. The van der Waals surface area contributed by atoms with Gasteiger partial charge in [-0.2, -0.15) is 0 Å². The van der Waals surface area contributed by atoms with Gasteiger partial charge in [0.2, 0.25) is 0 Å². The third-order valence-corrected chi connectivity index (χ3v) is 17.0. The van der Waals surface area contributed by atoms with Crippen LogP contribution in [0.3, 0.4) is 0 Å². The Balaban J connectivity index is 1.03. The number of rotatable bonds is 5. The summed E-state index contributed by atoms with van der Waals surface area (Å²) in [6, 6.07) is 92.0. The lowest BCUT2D eigenvalue weighted by Crippen LogP contribution is -2.14. The molecule has 0 aromatic heterocycles. The number of hydrogen-bond acceptors (Lipinski definition) is 2. The summed E-state index contributed by atoms with van der Waals surface area (Å²) in [5, 5.41) is 7.37. The molecule has 0 atom stereocenters. The lowest BCUT2D eigenvalue weighted by molar-refractivity contribution is 0.660. The predicted molar refractivity (Wildman–Crippen MR) is 317 cm³/mol. The maximum absolute atomic E-state index is 2.53. The van der Waals surface area contributed by atoms with Crippen LogP contribution in [-0.2, 0) is 31.1 Å². The van der Waals surface area contributed by atoms with Crippen LogP contribution in [0.4, 0.5) is 34.1 Å². The highest BCUT2D eigenvalue weighted by atomic mass is 15.2. The second-order valence-corrected chi connectivity index (χ2v) is 21.5. The Labute approximate surface area is 439 Å². The summed E-state index contributed by atoms with van der Waals surface area (Å²) >= 11 is 0. The van der Waals surface area contributed by atoms with Crippen LogP contribution in [0.25, 0.3) is 76.8 Å². The summed E-state index contributed by atoms with van der Waals surface area (Å²) < 4.78 is 0. The zero-order chi connectivity index (χ0) is 49.8. The standard InChI is InChI=1S/C73H54N2/c1-73(2)65-25-10-9-24-59(65)60-39-36-54(44-66(60)73)53-22-15-23-55(43-53)71-61-40-37-58(75-69-28-13-7-19-50(69)33-34-51-20-8-14-29-70(51)75)46-64(61)72(56-35-30-47-16-3-4-21-52(47)42-56)62-41-38-57(45-63(62)71)74-67-26-11-5-17-48(67)31-32-49-18-6-12-27-68(49)74/h3-30,35-46H,31-34H2,1-2H3. The molecule has 2 nitrogen and oxygen atoms in total. The van der Waals surface area contributed by atoms with Gasteiger partial charge in [0.05, 0.1) is 0 Å². The van der Waals surface area contributed by atoms with Crippen molar-refractivity contribution in [2.75, 3.05) is 9.80 Å². The minimum absolute atomic E-state index is 0.0996. The van der Waals surface area contributed by atoms with Crippen molar-refractivity contribution < 1.29 is 0 Å². The van der Waals surface area contributed by atoms with Gasteiger partial charge in [-0.25, -0.2) is 0 Å². The molecule has 12 aromatic rings. The van der Waals surface area contributed by atoms with Crippen LogP contribution in [0.1, 0.15) is 47.2 Å². The van der Waals surface area contributed by atoms with Crippen LogP contribution in [0.15, 0.2) is 243 Å². The fourth-order valence-corrected chi connectivity index (χ4v) is 13.3. The van der Waals surface area contributed by atoms with E-state index in [0.29, 0.717) is 0 Å². The maximum Gasteiger partial charge on any atom is 0.0493 e. The Morgan fingerprint density at radius 2 is 0.733 bits per heavy atom. The first kappa shape index (κ1) is 43.6. The molecule has 75 heavy (non-hydrogen) atoms. The second kappa shape index (κ2) is 17.0. The van der Waals surface area contributed by atoms with E-state index >= 15 is 0 Å². The normalized spacial score (nSPS) is 14.1. The van der Waals surface area contributed by atoms with Gasteiger partial charge in [-0.05, 0) is 203 Å². The van der Waals surface area contributed by atoms with Crippen molar-refractivity contribution in [3.05, 3.63) is 276 Å². The monoisotopic (exact) mass is 958 g/mol. The van der Waals surface area contributed by atoms with Gasteiger partial charge < -0.3 is 9.80 Å². The Morgan fingerprint density at radius 3 is 1.31 bits per heavy atom. The third kappa shape index (κ3) is 6.93.